The van der Waals surface area contributed by atoms with Crippen LogP contribution in [0.1, 0.15) is 132 Å². The van der Waals surface area contributed by atoms with Crippen molar-refractivity contribution in [2.24, 2.45) is 0 Å². The van der Waals surface area contributed by atoms with Crippen LogP contribution >= 0.6 is 11.8 Å². The van der Waals surface area contributed by atoms with Gasteiger partial charge in [0.05, 0.1) is 0 Å². The first-order chi connectivity index (χ1) is 35.2. The first-order valence-corrected chi connectivity index (χ1v) is 27.7. The molecule has 0 spiro atoms. The SMILES string of the molecule is C\C=C/C=C\C=C(/C)C1=CC=C(NC2(C)Sc3cc4c(cc3/C2=C/C(=C\CC)c2cc3c(c5c2[B]c2cc(C)ccc2N5Cc2ccccc2-c2ccccc2)Cc2ccccc2-3)C(C)(C)CCC4(C)C)CC1. The highest BCUT2D eigenvalue weighted by Crippen LogP contribution is 2.57. The average molecular weight is 970 g/mol. The lowest BCUT2D eigenvalue weighted by Crippen LogP contribution is -2.44. The fourth-order valence-electron chi connectivity index (χ4n) is 12.4. The molecule has 0 fully saturated rings. The van der Waals surface area contributed by atoms with Crippen LogP contribution in [0, 0.1) is 6.92 Å². The molecule has 365 valence electrons. The summed E-state index contributed by atoms with van der Waals surface area (Å²) in [6.07, 6.45) is 26.6. The molecule has 1 unspecified atom stereocenters. The van der Waals surface area contributed by atoms with E-state index in [0.717, 1.165) is 32.2 Å². The topological polar surface area (TPSA) is 15.3 Å². The molecule has 2 heterocycles. The summed E-state index contributed by atoms with van der Waals surface area (Å²) in [5.74, 6) is 0. The van der Waals surface area contributed by atoms with Gasteiger partial charge in [-0.25, -0.2) is 0 Å². The van der Waals surface area contributed by atoms with Crippen LogP contribution in [0.5, 0.6) is 0 Å². The number of hydrogen-bond acceptors (Lipinski definition) is 3. The molecule has 6 aromatic rings. The highest BCUT2D eigenvalue weighted by atomic mass is 32.2. The minimum absolute atomic E-state index is 0.0835. The number of allylic oxidation sites excluding steroid dienone is 13. The Kier molecular flexibility index (Phi) is 13.0. The third-order valence-electron chi connectivity index (χ3n) is 16.5. The summed E-state index contributed by atoms with van der Waals surface area (Å²) in [5.41, 5.74) is 28.3. The fourth-order valence-corrected chi connectivity index (χ4v) is 13.7. The molecule has 0 bridgehead atoms. The largest absolute Gasteiger partial charge is 0.370 e. The monoisotopic (exact) mass is 970 g/mol. The van der Waals surface area contributed by atoms with Gasteiger partial charge in [0.2, 0.25) is 0 Å². The molecule has 1 atom stereocenters. The van der Waals surface area contributed by atoms with E-state index in [4.69, 9.17) is 0 Å². The predicted molar refractivity (Wildman–Crippen MR) is 317 cm³/mol. The molecule has 73 heavy (non-hydrogen) atoms. The Labute approximate surface area is 441 Å². The van der Waals surface area contributed by atoms with Gasteiger partial charge in [0, 0.05) is 34.9 Å². The van der Waals surface area contributed by atoms with E-state index in [1.165, 1.54) is 135 Å². The maximum Gasteiger partial charge on any atom is 0.197 e. The minimum Gasteiger partial charge on any atom is -0.370 e. The van der Waals surface area contributed by atoms with Gasteiger partial charge in [-0.15, -0.1) is 0 Å². The van der Waals surface area contributed by atoms with Gasteiger partial charge >= 0.3 is 0 Å². The van der Waals surface area contributed by atoms with Gasteiger partial charge in [0.15, 0.2) is 7.28 Å². The first kappa shape index (κ1) is 48.8. The molecule has 0 saturated heterocycles. The molecule has 5 aliphatic rings. The molecule has 1 radical (unpaired) electrons. The minimum atomic E-state index is -0.422. The lowest BCUT2D eigenvalue weighted by Gasteiger charge is -2.42. The third-order valence-corrected chi connectivity index (χ3v) is 17.8. The quantitative estimate of drug-likeness (QED) is 0.103. The lowest BCUT2D eigenvalue weighted by molar-refractivity contribution is 0.331. The van der Waals surface area contributed by atoms with E-state index in [-0.39, 0.29) is 10.8 Å². The van der Waals surface area contributed by atoms with Crippen molar-refractivity contribution in [1.82, 2.24) is 5.32 Å². The molecular formula is C69H70BN2S. The van der Waals surface area contributed by atoms with E-state index < -0.39 is 4.87 Å². The molecule has 2 aliphatic heterocycles. The van der Waals surface area contributed by atoms with Gasteiger partial charge in [0.25, 0.3) is 0 Å². The standard InChI is InChI=1S/C69H70BN2S/c1-10-12-13-15-23-46(4)47-31-33-52(34-32-47)71-69(9)59(58-42-60-61(43-64(58)73-69)68(7,8)37-36-67(60,5)6)40-49(22-11-2)55-41-56-54-29-21-18-26-50(54)39-57(56)66-65(55)70-62-38-45(3)30-35-63(62)72(66)44-51-27-19-20-28-53(51)48-24-16-14-17-25-48/h10,12-31,33,35,38,40-43,71H,11,32,34,36-37,39,44H2,1-9H3/b12-10-,15-13-,46-23+,49-22+,59-40-. The van der Waals surface area contributed by atoms with Crippen molar-refractivity contribution in [1.29, 1.82) is 0 Å². The number of nitrogens with one attached hydrogen (secondary N) is 1. The van der Waals surface area contributed by atoms with Crippen LogP contribution in [0.4, 0.5) is 11.4 Å². The van der Waals surface area contributed by atoms with Gasteiger partial charge in [-0.05, 0) is 191 Å². The summed E-state index contributed by atoms with van der Waals surface area (Å²) in [7, 11) is 2.52. The summed E-state index contributed by atoms with van der Waals surface area (Å²) in [4.78, 5) is 3.63. The summed E-state index contributed by atoms with van der Waals surface area (Å²) in [5, 5.41) is 4.26. The van der Waals surface area contributed by atoms with Crippen LogP contribution in [0.3, 0.4) is 0 Å². The number of nitrogens with zero attached hydrogens (tertiary/aromatic N) is 1. The normalized spacial score (nSPS) is 20.0. The molecular weight excluding hydrogens is 900 g/mol. The zero-order valence-electron chi connectivity index (χ0n) is 44.5. The molecule has 0 aromatic heterocycles. The van der Waals surface area contributed by atoms with Gasteiger partial charge in [-0.2, -0.15) is 0 Å². The van der Waals surface area contributed by atoms with Crippen LogP contribution in [-0.4, -0.2) is 12.2 Å². The maximum atomic E-state index is 4.26. The molecule has 0 amide bonds. The Morgan fingerprint density at radius 2 is 1.49 bits per heavy atom. The van der Waals surface area contributed by atoms with Crippen LogP contribution < -0.4 is 21.1 Å². The van der Waals surface area contributed by atoms with Crippen molar-refractivity contribution in [2.45, 2.75) is 128 Å². The maximum absolute atomic E-state index is 4.26. The van der Waals surface area contributed by atoms with Gasteiger partial charge in [-0.3, -0.25) is 0 Å². The molecule has 11 rings (SSSR count). The smallest absolute Gasteiger partial charge is 0.197 e. The third kappa shape index (κ3) is 9.09. The number of rotatable bonds is 11. The Bertz CT molecular complexity index is 3410. The number of fused-ring (bicyclic) bond motifs is 8. The lowest BCUT2D eigenvalue weighted by atomic mass is 9.57. The van der Waals surface area contributed by atoms with Crippen LogP contribution in [0.25, 0.3) is 33.4 Å². The van der Waals surface area contributed by atoms with Crippen molar-refractivity contribution >= 4 is 52.5 Å². The molecule has 3 aliphatic carbocycles. The highest BCUT2D eigenvalue weighted by Gasteiger charge is 2.45. The highest BCUT2D eigenvalue weighted by molar-refractivity contribution is 8.01. The van der Waals surface area contributed by atoms with Crippen molar-refractivity contribution in [2.75, 3.05) is 4.90 Å². The Morgan fingerprint density at radius 1 is 0.753 bits per heavy atom. The van der Waals surface area contributed by atoms with Gasteiger partial charge in [-0.1, -0.05) is 196 Å². The summed E-state index contributed by atoms with van der Waals surface area (Å²) in [6.45, 7) is 21.9. The molecule has 6 aromatic carbocycles. The van der Waals surface area contributed by atoms with E-state index in [9.17, 15) is 0 Å². The summed E-state index contributed by atoms with van der Waals surface area (Å²) < 4.78 is 0. The second kappa shape index (κ2) is 19.4. The molecule has 1 N–H and O–H groups in total. The Balaban J connectivity index is 1.11. The van der Waals surface area contributed by atoms with E-state index >= 15 is 0 Å². The van der Waals surface area contributed by atoms with Crippen molar-refractivity contribution in [3.63, 3.8) is 0 Å². The van der Waals surface area contributed by atoms with Crippen LogP contribution in [0.15, 0.2) is 192 Å². The Morgan fingerprint density at radius 3 is 2.25 bits per heavy atom. The summed E-state index contributed by atoms with van der Waals surface area (Å²) in [6, 6.07) is 43.9. The average Bonchev–Trinajstić information content (AvgIpc) is 3.89. The summed E-state index contributed by atoms with van der Waals surface area (Å²) >= 11 is 2.01. The van der Waals surface area contributed by atoms with E-state index in [1.54, 1.807) is 0 Å². The zero-order chi connectivity index (χ0) is 50.6. The number of thioether (sulfide) groups is 1. The van der Waals surface area contributed by atoms with Crippen LogP contribution in [0.2, 0.25) is 0 Å². The molecule has 2 nitrogen and oxygen atoms in total. The number of hydrogen-bond donors (Lipinski definition) is 1. The first-order valence-electron chi connectivity index (χ1n) is 26.9. The zero-order valence-corrected chi connectivity index (χ0v) is 45.4. The van der Waals surface area contributed by atoms with E-state index in [1.807, 2.05) is 11.8 Å². The Hall–Kier alpha value is -6.49. The van der Waals surface area contributed by atoms with Crippen molar-refractivity contribution in [3.05, 3.63) is 231 Å². The number of benzene rings is 6. The van der Waals surface area contributed by atoms with E-state index in [2.05, 4.69) is 250 Å². The van der Waals surface area contributed by atoms with Crippen molar-refractivity contribution in [3.8, 4) is 22.3 Å². The molecule has 4 heteroatoms. The van der Waals surface area contributed by atoms with Gasteiger partial charge < -0.3 is 10.2 Å². The predicted octanol–water partition coefficient (Wildman–Crippen LogP) is 16.9. The second-order valence-corrected chi connectivity index (χ2v) is 24.0. The van der Waals surface area contributed by atoms with Crippen molar-refractivity contribution < 1.29 is 0 Å². The number of aryl methyl sites for hydroxylation is 1. The van der Waals surface area contributed by atoms with E-state index in [0.29, 0.717) is 0 Å². The van der Waals surface area contributed by atoms with Gasteiger partial charge in [0.1, 0.15) is 4.87 Å². The van der Waals surface area contributed by atoms with Crippen LogP contribution in [-0.2, 0) is 23.8 Å². The molecule has 0 saturated carbocycles. The number of anilines is 2. The fraction of sp³-hybridized carbons (Fsp3) is 0.275. The second-order valence-electron chi connectivity index (χ2n) is 22.6.